The third-order valence-corrected chi connectivity index (χ3v) is 5.58. The zero-order valence-electron chi connectivity index (χ0n) is 20.6. The van der Waals surface area contributed by atoms with Gasteiger partial charge >= 0.3 is 5.97 Å². The number of esters is 1. The molecule has 7 heteroatoms. The summed E-state index contributed by atoms with van der Waals surface area (Å²) in [5.41, 5.74) is 1.51. The van der Waals surface area contributed by atoms with Crippen LogP contribution in [0.3, 0.4) is 0 Å². The Kier molecular flexibility index (Phi) is 8.69. The Bertz CT molecular complexity index is 987. The molecule has 1 saturated heterocycles. The minimum absolute atomic E-state index is 0.0435. The number of ketones is 1. The first-order valence-corrected chi connectivity index (χ1v) is 11.5. The van der Waals surface area contributed by atoms with Gasteiger partial charge in [-0.05, 0) is 56.5 Å². The standard InChI is InChI=1S/C27H34O7/c1-27(2,3)26(29)34-23(16-18-9-6-11-20(15-18)30-4)21(28)17-19-10-7-12-22(31-5)24(19)25-32-13-8-14-33-25/h6-7,9-12,15,23,25H,8,13-14,16-17H2,1-5H3. The van der Waals surface area contributed by atoms with E-state index < -0.39 is 23.8 Å². The van der Waals surface area contributed by atoms with Crippen LogP contribution in [0.15, 0.2) is 42.5 Å². The summed E-state index contributed by atoms with van der Waals surface area (Å²) in [4.78, 5) is 26.2. The van der Waals surface area contributed by atoms with E-state index in [4.69, 9.17) is 23.7 Å². The van der Waals surface area contributed by atoms with Crippen molar-refractivity contribution >= 4 is 11.8 Å². The largest absolute Gasteiger partial charge is 0.497 e. The number of carbonyl (C=O) groups is 2. The van der Waals surface area contributed by atoms with E-state index in [1.165, 1.54) is 0 Å². The molecule has 1 unspecified atom stereocenters. The predicted molar refractivity (Wildman–Crippen MR) is 127 cm³/mol. The number of benzene rings is 2. The molecule has 3 rings (SSSR count). The molecule has 1 aliphatic heterocycles. The Hall–Kier alpha value is -2.90. The van der Waals surface area contributed by atoms with Crippen LogP contribution >= 0.6 is 0 Å². The normalized spacial score (nSPS) is 15.4. The third kappa shape index (κ3) is 6.58. The topological polar surface area (TPSA) is 80.3 Å². The molecule has 2 aromatic carbocycles. The maximum Gasteiger partial charge on any atom is 0.311 e. The van der Waals surface area contributed by atoms with Gasteiger partial charge in [-0.1, -0.05) is 24.3 Å². The second-order valence-corrected chi connectivity index (χ2v) is 9.30. The highest BCUT2D eigenvalue weighted by Gasteiger charge is 2.32. The van der Waals surface area contributed by atoms with Crippen LogP contribution in [0.25, 0.3) is 0 Å². The smallest absolute Gasteiger partial charge is 0.311 e. The van der Waals surface area contributed by atoms with Crippen LogP contribution in [0.2, 0.25) is 0 Å². The monoisotopic (exact) mass is 470 g/mol. The highest BCUT2D eigenvalue weighted by molar-refractivity contribution is 5.88. The lowest BCUT2D eigenvalue weighted by Crippen LogP contribution is -2.35. The number of carbonyl (C=O) groups excluding carboxylic acids is 2. The average molecular weight is 471 g/mol. The Balaban J connectivity index is 1.89. The van der Waals surface area contributed by atoms with Gasteiger partial charge in [0.25, 0.3) is 0 Å². The van der Waals surface area contributed by atoms with Crippen molar-refractivity contribution in [3.63, 3.8) is 0 Å². The number of methoxy groups -OCH3 is 2. The Labute approximate surface area is 201 Å². The molecule has 0 bridgehead atoms. The predicted octanol–water partition coefficient (Wildman–Crippen LogP) is 4.45. The van der Waals surface area contributed by atoms with Gasteiger partial charge in [-0.2, -0.15) is 0 Å². The second kappa shape index (κ2) is 11.5. The molecule has 0 radical (unpaired) electrons. The molecule has 1 heterocycles. The molecule has 184 valence electrons. The van der Waals surface area contributed by atoms with Crippen molar-refractivity contribution in [2.24, 2.45) is 5.41 Å². The molecule has 1 atom stereocenters. The quantitative estimate of drug-likeness (QED) is 0.501. The zero-order valence-corrected chi connectivity index (χ0v) is 20.6. The molecule has 1 aliphatic rings. The summed E-state index contributed by atoms with van der Waals surface area (Å²) in [5.74, 6) is 0.616. The average Bonchev–Trinajstić information content (AvgIpc) is 2.83. The van der Waals surface area contributed by atoms with Gasteiger partial charge in [0.1, 0.15) is 11.5 Å². The fraction of sp³-hybridized carbons (Fsp3) is 0.481. The van der Waals surface area contributed by atoms with E-state index in [0.29, 0.717) is 30.3 Å². The van der Waals surface area contributed by atoms with E-state index in [2.05, 4.69) is 0 Å². The number of hydrogen-bond donors (Lipinski definition) is 0. The summed E-state index contributed by atoms with van der Waals surface area (Å²) in [5, 5.41) is 0. The van der Waals surface area contributed by atoms with Crippen LogP contribution in [-0.2, 0) is 36.6 Å². The molecule has 0 N–H and O–H groups in total. The molecule has 0 saturated carbocycles. The van der Waals surface area contributed by atoms with Crippen LogP contribution in [0, 0.1) is 5.41 Å². The number of Topliss-reactive ketones (excluding diaryl/α,β-unsaturated/α-hetero) is 1. The maximum absolute atomic E-state index is 13.5. The Morgan fingerprint density at radius 3 is 2.38 bits per heavy atom. The van der Waals surface area contributed by atoms with Crippen LogP contribution in [-0.4, -0.2) is 45.3 Å². The Morgan fingerprint density at radius 1 is 1.03 bits per heavy atom. The summed E-state index contributed by atoms with van der Waals surface area (Å²) in [6, 6.07) is 12.9. The SMILES string of the molecule is COc1cccc(CC(OC(=O)C(C)(C)C)C(=O)Cc2cccc(OC)c2C2OCCCO2)c1. The minimum atomic E-state index is -0.953. The van der Waals surface area contributed by atoms with Crippen molar-refractivity contribution in [1.29, 1.82) is 0 Å². The molecule has 0 amide bonds. The molecule has 2 aromatic rings. The highest BCUT2D eigenvalue weighted by atomic mass is 16.7. The fourth-order valence-corrected chi connectivity index (χ4v) is 3.69. The van der Waals surface area contributed by atoms with Crippen molar-refractivity contribution in [3.8, 4) is 11.5 Å². The van der Waals surface area contributed by atoms with E-state index >= 15 is 0 Å². The van der Waals surface area contributed by atoms with Crippen LogP contribution in [0.5, 0.6) is 11.5 Å². The fourth-order valence-electron chi connectivity index (χ4n) is 3.69. The molecule has 0 spiro atoms. The van der Waals surface area contributed by atoms with Crippen molar-refractivity contribution in [3.05, 3.63) is 59.2 Å². The van der Waals surface area contributed by atoms with Gasteiger partial charge in [-0.3, -0.25) is 9.59 Å². The van der Waals surface area contributed by atoms with Gasteiger partial charge in [-0.15, -0.1) is 0 Å². The number of hydrogen-bond acceptors (Lipinski definition) is 7. The van der Waals surface area contributed by atoms with E-state index in [1.807, 2.05) is 42.5 Å². The van der Waals surface area contributed by atoms with E-state index in [9.17, 15) is 9.59 Å². The number of rotatable bonds is 9. The van der Waals surface area contributed by atoms with Crippen LogP contribution < -0.4 is 9.47 Å². The zero-order chi connectivity index (χ0) is 24.7. The van der Waals surface area contributed by atoms with Crippen LogP contribution in [0.1, 0.15) is 50.2 Å². The van der Waals surface area contributed by atoms with Crippen LogP contribution in [0.4, 0.5) is 0 Å². The van der Waals surface area contributed by atoms with E-state index in [1.54, 1.807) is 35.0 Å². The molecule has 0 aliphatic carbocycles. The van der Waals surface area contributed by atoms with Gasteiger partial charge in [-0.25, -0.2) is 0 Å². The first kappa shape index (κ1) is 25.7. The first-order chi connectivity index (χ1) is 16.2. The van der Waals surface area contributed by atoms with Crippen molar-refractivity contribution in [2.45, 2.75) is 52.4 Å². The van der Waals surface area contributed by atoms with Gasteiger partial charge in [0, 0.05) is 12.8 Å². The lowest BCUT2D eigenvalue weighted by atomic mass is 9.94. The summed E-state index contributed by atoms with van der Waals surface area (Å²) >= 11 is 0. The lowest BCUT2D eigenvalue weighted by molar-refractivity contribution is -0.184. The van der Waals surface area contributed by atoms with Crippen molar-refractivity contribution in [2.75, 3.05) is 27.4 Å². The van der Waals surface area contributed by atoms with E-state index in [-0.39, 0.29) is 18.6 Å². The summed E-state index contributed by atoms with van der Waals surface area (Å²) in [6.07, 6.45) is -0.464. The summed E-state index contributed by atoms with van der Waals surface area (Å²) in [6.45, 7) is 6.43. The van der Waals surface area contributed by atoms with Gasteiger partial charge < -0.3 is 23.7 Å². The number of ether oxygens (including phenoxy) is 5. The minimum Gasteiger partial charge on any atom is -0.497 e. The maximum atomic E-state index is 13.5. The van der Waals surface area contributed by atoms with E-state index in [0.717, 1.165) is 17.5 Å². The van der Waals surface area contributed by atoms with Crippen molar-refractivity contribution in [1.82, 2.24) is 0 Å². The van der Waals surface area contributed by atoms with Gasteiger partial charge in [0.15, 0.2) is 18.2 Å². The van der Waals surface area contributed by atoms with Gasteiger partial charge in [0.2, 0.25) is 0 Å². The van der Waals surface area contributed by atoms with Crippen molar-refractivity contribution < 1.29 is 33.3 Å². The molecule has 0 aromatic heterocycles. The first-order valence-electron chi connectivity index (χ1n) is 11.5. The Morgan fingerprint density at radius 2 is 1.74 bits per heavy atom. The molecule has 1 fully saturated rings. The molecule has 7 nitrogen and oxygen atoms in total. The molecular formula is C27H34O7. The third-order valence-electron chi connectivity index (χ3n) is 5.58. The molecular weight excluding hydrogens is 436 g/mol. The summed E-state index contributed by atoms with van der Waals surface area (Å²) in [7, 11) is 3.16. The lowest BCUT2D eigenvalue weighted by Gasteiger charge is -2.27. The molecule has 34 heavy (non-hydrogen) atoms. The second-order valence-electron chi connectivity index (χ2n) is 9.30. The highest BCUT2D eigenvalue weighted by Crippen LogP contribution is 2.34. The summed E-state index contributed by atoms with van der Waals surface area (Å²) < 4.78 is 28.2. The van der Waals surface area contributed by atoms with Gasteiger partial charge in [0.05, 0.1) is 38.4 Å².